The van der Waals surface area contributed by atoms with Crippen LogP contribution in [0.15, 0.2) is 48.5 Å². The van der Waals surface area contributed by atoms with Crippen LogP contribution in [0.4, 0.5) is 0 Å². The van der Waals surface area contributed by atoms with Crippen LogP contribution in [0, 0.1) is 0 Å². The van der Waals surface area contributed by atoms with Crippen molar-refractivity contribution >= 4 is 5.97 Å². The lowest BCUT2D eigenvalue weighted by Crippen LogP contribution is -2.00. The molecule has 0 atom stereocenters. The van der Waals surface area contributed by atoms with Gasteiger partial charge in [-0.2, -0.15) is 0 Å². The van der Waals surface area contributed by atoms with Crippen LogP contribution < -0.4 is 0 Å². The first-order valence-electron chi connectivity index (χ1n) is 11.6. The number of carbonyl (C=O) groups is 1. The van der Waals surface area contributed by atoms with E-state index >= 15 is 0 Å². The molecule has 2 rings (SSSR count). The van der Waals surface area contributed by atoms with Crippen LogP contribution in [0.2, 0.25) is 0 Å². The molecule has 3 nitrogen and oxygen atoms in total. The first kappa shape index (κ1) is 24.1. The second kappa shape index (κ2) is 14.8. The van der Waals surface area contributed by atoms with E-state index in [2.05, 4.69) is 31.2 Å². The first-order valence-corrected chi connectivity index (χ1v) is 11.6. The van der Waals surface area contributed by atoms with Gasteiger partial charge in [-0.25, -0.2) is 0 Å². The SMILES string of the molecule is CCCCCCCCCCc1ccccc1COCc1ccc(CCC(=O)O)cc1. The Kier molecular flexibility index (Phi) is 11.9. The van der Waals surface area contributed by atoms with Gasteiger partial charge in [-0.15, -0.1) is 0 Å². The van der Waals surface area contributed by atoms with Crippen LogP contribution in [-0.2, 0) is 35.6 Å². The number of ether oxygens (including phenoxy) is 1. The van der Waals surface area contributed by atoms with Crippen molar-refractivity contribution in [3.63, 3.8) is 0 Å². The van der Waals surface area contributed by atoms with Crippen molar-refractivity contribution in [3.05, 3.63) is 70.8 Å². The van der Waals surface area contributed by atoms with Crippen LogP contribution in [0.1, 0.15) is 87.0 Å². The summed E-state index contributed by atoms with van der Waals surface area (Å²) in [7, 11) is 0. The maximum atomic E-state index is 10.7. The normalized spacial score (nSPS) is 11.0. The third-order valence-electron chi connectivity index (χ3n) is 5.59. The summed E-state index contributed by atoms with van der Waals surface area (Å²) < 4.78 is 5.97. The number of rotatable bonds is 16. The van der Waals surface area contributed by atoms with E-state index in [1.165, 1.54) is 62.5 Å². The van der Waals surface area contributed by atoms with Gasteiger partial charge in [0.2, 0.25) is 0 Å². The van der Waals surface area contributed by atoms with E-state index in [9.17, 15) is 4.79 Å². The maximum absolute atomic E-state index is 10.7. The summed E-state index contributed by atoms with van der Waals surface area (Å²) in [6.07, 6.45) is 12.6. The highest BCUT2D eigenvalue weighted by Crippen LogP contribution is 2.16. The third-order valence-corrected chi connectivity index (χ3v) is 5.59. The molecule has 164 valence electrons. The van der Waals surface area contributed by atoms with Gasteiger partial charge in [0.15, 0.2) is 0 Å². The summed E-state index contributed by atoms with van der Waals surface area (Å²) in [5.74, 6) is -0.756. The molecule has 2 aromatic rings. The fourth-order valence-corrected chi connectivity index (χ4v) is 3.72. The summed E-state index contributed by atoms with van der Waals surface area (Å²) >= 11 is 0. The molecule has 0 unspecified atom stereocenters. The van der Waals surface area contributed by atoms with Gasteiger partial charge in [-0.3, -0.25) is 4.79 Å². The van der Waals surface area contributed by atoms with Gasteiger partial charge in [0.25, 0.3) is 0 Å². The number of carboxylic acids is 1. The first-order chi connectivity index (χ1) is 14.7. The van der Waals surface area contributed by atoms with E-state index in [1.807, 2.05) is 24.3 Å². The fourth-order valence-electron chi connectivity index (χ4n) is 3.72. The van der Waals surface area contributed by atoms with Crippen molar-refractivity contribution in [2.75, 3.05) is 0 Å². The second-order valence-electron chi connectivity index (χ2n) is 8.20. The number of aliphatic carboxylic acids is 1. The second-order valence-corrected chi connectivity index (χ2v) is 8.20. The monoisotopic (exact) mass is 410 g/mol. The number of hydrogen-bond donors (Lipinski definition) is 1. The molecule has 0 aliphatic rings. The molecule has 0 radical (unpaired) electrons. The highest BCUT2D eigenvalue weighted by Gasteiger charge is 2.04. The van der Waals surface area contributed by atoms with Crippen LogP contribution in [-0.4, -0.2) is 11.1 Å². The molecule has 0 aliphatic carbocycles. The summed E-state index contributed by atoms with van der Waals surface area (Å²) in [4.78, 5) is 10.7. The minimum Gasteiger partial charge on any atom is -0.481 e. The molecular formula is C27H38O3. The number of benzene rings is 2. The quantitative estimate of drug-likeness (QED) is 0.300. The average molecular weight is 411 g/mol. The Bertz CT molecular complexity index is 721. The highest BCUT2D eigenvalue weighted by molar-refractivity contribution is 5.67. The van der Waals surface area contributed by atoms with Gasteiger partial charge in [0.05, 0.1) is 13.2 Å². The zero-order valence-corrected chi connectivity index (χ0v) is 18.6. The van der Waals surface area contributed by atoms with Crippen LogP contribution in [0.3, 0.4) is 0 Å². The standard InChI is InChI=1S/C27H38O3/c1-2-3-4-5-6-7-8-9-12-25-13-10-11-14-26(25)22-30-21-24-17-15-23(16-18-24)19-20-27(28)29/h10-11,13-18H,2-9,12,19-22H2,1H3,(H,28,29). The fraction of sp³-hybridized carbons (Fsp3) is 0.519. The summed E-state index contributed by atoms with van der Waals surface area (Å²) in [5.41, 5.74) is 4.87. The number of aryl methyl sites for hydroxylation is 2. The highest BCUT2D eigenvalue weighted by atomic mass is 16.5. The molecule has 0 spiro atoms. The predicted molar refractivity (Wildman–Crippen MR) is 124 cm³/mol. The molecule has 2 aromatic carbocycles. The Balaban J connectivity index is 1.68. The predicted octanol–water partition coefficient (Wildman–Crippen LogP) is 7.10. The third kappa shape index (κ3) is 10.1. The molecule has 0 aromatic heterocycles. The Morgan fingerprint density at radius 3 is 2.00 bits per heavy atom. The minimum atomic E-state index is -0.756. The van der Waals surface area contributed by atoms with E-state index in [4.69, 9.17) is 9.84 Å². The lowest BCUT2D eigenvalue weighted by Gasteiger charge is -2.11. The Morgan fingerprint density at radius 1 is 0.733 bits per heavy atom. The van der Waals surface area contributed by atoms with E-state index in [0.29, 0.717) is 19.6 Å². The average Bonchev–Trinajstić information content (AvgIpc) is 2.76. The van der Waals surface area contributed by atoms with E-state index < -0.39 is 5.97 Å². The molecule has 1 N–H and O–H groups in total. The Morgan fingerprint density at radius 2 is 1.33 bits per heavy atom. The molecule has 0 saturated heterocycles. The van der Waals surface area contributed by atoms with E-state index in [1.54, 1.807) is 0 Å². The van der Waals surface area contributed by atoms with Gasteiger partial charge >= 0.3 is 5.97 Å². The molecular weight excluding hydrogens is 372 g/mol. The van der Waals surface area contributed by atoms with Crippen molar-refractivity contribution in [3.8, 4) is 0 Å². The summed E-state index contributed by atoms with van der Waals surface area (Å²) in [5, 5.41) is 8.78. The summed E-state index contributed by atoms with van der Waals surface area (Å²) in [6, 6.07) is 16.7. The topological polar surface area (TPSA) is 46.5 Å². The lowest BCUT2D eigenvalue weighted by molar-refractivity contribution is -0.136. The van der Waals surface area contributed by atoms with Crippen molar-refractivity contribution in [2.24, 2.45) is 0 Å². The molecule has 0 aliphatic heterocycles. The van der Waals surface area contributed by atoms with E-state index in [0.717, 1.165) is 17.5 Å². The van der Waals surface area contributed by atoms with Crippen molar-refractivity contribution < 1.29 is 14.6 Å². The molecule has 0 amide bonds. The number of carboxylic acid groups (broad SMARTS) is 1. The van der Waals surface area contributed by atoms with Crippen molar-refractivity contribution in [1.82, 2.24) is 0 Å². The Labute approximate surface area is 182 Å². The van der Waals surface area contributed by atoms with Gasteiger partial charge in [-0.1, -0.05) is 100 Å². The molecule has 0 heterocycles. The lowest BCUT2D eigenvalue weighted by atomic mass is 10.0. The van der Waals surface area contributed by atoms with Gasteiger partial charge in [0.1, 0.15) is 0 Å². The zero-order valence-electron chi connectivity index (χ0n) is 18.6. The molecule has 30 heavy (non-hydrogen) atoms. The molecule has 0 bridgehead atoms. The van der Waals surface area contributed by atoms with Crippen LogP contribution in [0.25, 0.3) is 0 Å². The maximum Gasteiger partial charge on any atom is 0.303 e. The zero-order chi connectivity index (χ0) is 21.4. The molecule has 0 saturated carbocycles. The number of hydrogen-bond acceptors (Lipinski definition) is 2. The van der Waals surface area contributed by atoms with Crippen LogP contribution in [0.5, 0.6) is 0 Å². The molecule has 0 fully saturated rings. The Hall–Kier alpha value is -2.13. The largest absolute Gasteiger partial charge is 0.481 e. The smallest absolute Gasteiger partial charge is 0.303 e. The van der Waals surface area contributed by atoms with Gasteiger partial charge in [0, 0.05) is 6.42 Å². The summed E-state index contributed by atoms with van der Waals surface area (Å²) in [6.45, 7) is 3.47. The van der Waals surface area contributed by atoms with Crippen molar-refractivity contribution in [1.29, 1.82) is 0 Å². The van der Waals surface area contributed by atoms with Crippen molar-refractivity contribution in [2.45, 2.75) is 90.8 Å². The number of unbranched alkanes of at least 4 members (excludes halogenated alkanes) is 7. The van der Waals surface area contributed by atoms with Gasteiger partial charge < -0.3 is 9.84 Å². The molecule has 3 heteroatoms. The van der Waals surface area contributed by atoms with E-state index in [-0.39, 0.29) is 6.42 Å². The van der Waals surface area contributed by atoms with Gasteiger partial charge in [-0.05, 0) is 41.5 Å². The minimum absolute atomic E-state index is 0.172. The van der Waals surface area contributed by atoms with Crippen LogP contribution >= 0.6 is 0 Å².